The Morgan fingerprint density at radius 1 is 0.952 bits per heavy atom. The van der Waals surface area contributed by atoms with Crippen molar-refractivity contribution < 1.29 is 14.6 Å². The molecule has 0 amide bonds. The number of para-hydroxylation sites is 4. The molecule has 0 fully saturated rings. The molecule has 0 spiro atoms. The average molecular weight is 283 g/mol. The molecule has 3 rings (SSSR count). The molecule has 0 bridgehead atoms. The normalized spacial score (nSPS) is 12.3. The molecule has 21 heavy (non-hydrogen) atoms. The van der Waals surface area contributed by atoms with Crippen molar-refractivity contribution >= 4 is 17.3 Å². The lowest BCUT2D eigenvalue weighted by Gasteiger charge is -2.32. The zero-order valence-electron chi connectivity index (χ0n) is 11.7. The van der Waals surface area contributed by atoms with E-state index in [2.05, 4.69) is 4.90 Å². The maximum absolute atomic E-state index is 10.6. The van der Waals surface area contributed by atoms with Crippen molar-refractivity contribution in [2.45, 2.75) is 19.3 Å². The summed E-state index contributed by atoms with van der Waals surface area (Å²) in [6.45, 7) is 0.782. The summed E-state index contributed by atoms with van der Waals surface area (Å²) < 4.78 is 5.92. The monoisotopic (exact) mass is 283 g/mol. The molecule has 4 nitrogen and oxygen atoms in total. The molecule has 1 heterocycles. The van der Waals surface area contributed by atoms with Crippen molar-refractivity contribution in [3.63, 3.8) is 0 Å². The molecule has 1 aliphatic rings. The Bertz CT molecular complexity index is 608. The van der Waals surface area contributed by atoms with Crippen molar-refractivity contribution in [1.29, 1.82) is 0 Å². The summed E-state index contributed by atoms with van der Waals surface area (Å²) in [5.41, 5.74) is 2.07. The van der Waals surface area contributed by atoms with Gasteiger partial charge in [-0.15, -0.1) is 0 Å². The Morgan fingerprint density at radius 3 is 2.10 bits per heavy atom. The molecule has 0 aromatic heterocycles. The summed E-state index contributed by atoms with van der Waals surface area (Å²) in [6, 6.07) is 15.8. The molecule has 1 N–H and O–H groups in total. The Balaban J connectivity index is 1.83. The molecule has 108 valence electrons. The van der Waals surface area contributed by atoms with Crippen LogP contribution < -0.4 is 9.64 Å². The van der Waals surface area contributed by atoms with E-state index in [1.54, 1.807) is 0 Å². The van der Waals surface area contributed by atoms with Crippen molar-refractivity contribution in [2.75, 3.05) is 11.4 Å². The lowest BCUT2D eigenvalue weighted by molar-refractivity contribution is -0.137. The maximum Gasteiger partial charge on any atom is 0.303 e. The third-order valence-corrected chi connectivity index (χ3v) is 3.55. The van der Waals surface area contributed by atoms with E-state index in [9.17, 15) is 4.79 Å². The average Bonchev–Trinajstić information content (AvgIpc) is 2.50. The molecule has 0 radical (unpaired) electrons. The number of rotatable bonds is 5. The third-order valence-electron chi connectivity index (χ3n) is 3.55. The minimum Gasteiger partial charge on any atom is -0.481 e. The zero-order valence-corrected chi connectivity index (χ0v) is 11.7. The first-order valence-corrected chi connectivity index (χ1v) is 7.11. The van der Waals surface area contributed by atoms with Crippen LogP contribution in [-0.2, 0) is 4.79 Å². The van der Waals surface area contributed by atoms with Gasteiger partial charge in [-0.25, -0.2) is 0 Å². The lowest BCUT2D eigenvalue weighted by Crippen LogP contribution is -2.22. The number of carboxylic acid groups (broad SMARTS) is 1. The first kappa shape index (κ1) is 13.5. The van der Waals surface area contributed by atoms with Crippen LogP contribution in [0.2, 0.25) is 0 Å². The fraction of sp³-hybridized carbons (Fsp3) is 0.235. The number of carboxylic acids is 1. The van der Waals surface area contributed by atoms with E-state index >= 15 is 0 Å². The lowest BCUT2D eigenvalue weighted by atomic mass is 10.1. The van der Waals surface area contributed by atoms with Crippen LogP contribution in [0.25, 0.3) is 0 Å². The fourth-order valence-electron chi connectivity index (χ4n) is 2.57. The topological polar surface area (TPSA) is 49.8 Å². The summed E-state index contributed by atoms with van der Waals surface area (Å²) >= 11 is 0. The summed E-state index contributed by atoms with van der Waals surface area (Å²) in [4.78, 5) is 12.8. The van der Waals surface area contributed by atoms with Gasteiger partial charge in [0, 0.05) is 13.0 Å². The number of nitrogens with zero attached hydrogens (tertiary/aromatic N) is 1. The maximum atomic E-state index is 10.6. The highest BCUT2D eigenvalue weighted by Crippen LogP contribution is 2.46. The van der Waals surface area contributed by atoms with Gasteiger partial charge in [0.2, 0.25) is 0 Å². The number of ether oxygens (including phenoxy) is 1. The summed E-state index contributed by atoms with van der Waals surface area (Å²) in [7, 11) is 0. The van der Waals surface area contributed by atoms with Gasteiger partial charge in [-0.2, -0.15) is 0 Å². The number of carbonyl (C=O) groups is 1. The first-order chi connectivity index (χ1) is 10.3. The smallest absolute Gasteiger partial charge is 0.303 e. The van der Waals surface area contributed by atoms with Gasteiger partial charge in [0.05, 0.1) is 11.4 Å². The van der Waals surface area contributed by atoms with E-state index in [1.807, 2.05) is 48.5 Å². The van der Waals surface area contributed by atoms with E-state index < -0.39 is 5.97 Å². The van der Waals surface area contributed by atoms with Crippen LogP contribution in [0, 0.1) is 0 Å². The molecule has 0 saturated carbocycles. The van der Waals surface area contributed by atoms with Gasteiger partial charge < -0.3 is 14.7 Å². The van der Waals surface area contributed by atoms with Crippen LogP contribution in [0.4, 0.5) is 11.4 Å². The molecule has 0 aliphatic carbocycles. The van der Waals surface area contributed by atoms with Crippen molar-refractivity contribution in [3.05, 3.63) is 48.5 Å². The minimum atomic E-state index is -0.738. The van der Waals surface area contributed by atoms with Gasteiger partial charge in [0.25, 0.3) is 0 Å². The second-order valence-electron chi connectivity index (χ2n) is 5.04. The standard InChI is InChI=1S/C17H17NO3/c19-17(20)11-5-6-12-18-13-7-1-3-9-15(13)21-16-10-4-2-8-14(16)18/h1-4,7-10H,5-6,11-12H2,(H,19,20). The Morgan fingerprint density at radius 2 is 1.52 bits per heavy atom. The molecule has 2 aromatic rings. The van der Waals surface area contributed by atoms with Crippen molar-refractivity contribution in [3.8, 4) is 11.5 Å². The van der Waals surface area contributed by atoms with Crippen molar-refractivity contribution in [1.82, 2.24) is 0 Å². The van der Waals surface area contributed by atoms with Gasteiger partial charge in [-0.05, 0) is 37.1 Å². The number of fused-ring (bicyclic) bond motifs is 2. The van der Waals surface area contributed by atoms with Gasteiger partial charge in [-0.1, -0.05) is 24.3 Å². The SMILES string of the molecule is O=C(O)CCCCN1c2ccccc2Oc2ccccc21. The van der Waals surface area contributed by atoms with Crippen LogP contribution in [0.15, 0.2) is 48.5 Å². The first-order valence-electron chi connectivity index (χ1n) is 7.11. The highest BCUT2D eigenvalue weighted by Gasteiger charge is 2.23. The van der Waals surface area contributed by atoms with Gasteiger partial charge >= 0.3 is 5.97 Å². The third kappa shape index (κ3) is 2.84. The minimum absolute atomic E-state index is 0.216. The molecule has 4 heteroatoms. The number of anilines is 2. The Hall–Kier alpha value is -2.49. The van der Waals surface area contributed by atoms with E-state index in [4.69, 9.17) is 9.84 Å². The molecule has 0 unspecified atom stereocenters. The van der Waals surface area contributed by atoms with Gasteiger partial charge in [0.15, 0.2) is 11.5 Å². The highest BCUT2D eigenvalue weighted by atomic mass is 16.5. The fourth-order valence-corrected chi connectivity index (χ4v) is 2.57. The van der Waals surface area contributed by atoms with E-state index in [-0.39, 0.29) is 6.42 Å². The summed E-state index contributed by atoms with van der Waals surface area (Å²) in [5, 5.41) is 8.73. The van der Waals surface area contributed by atoms with E-state index in [0.717, 1.165) is 35.8 Å². The molecule has 0 atom stereocenters. The zero-order chi connectivity index (χ0) is 14.7. The number of aliphatic carboxylic acids is 1. The van der Waals surface area contributed by atoms with Crippen LogP contribution in [0.3, 0.4) is 0 Å². The largest absolute Gasteiger partial charge is 0.481 e. The number of benzene rings is 2. The van der Waals surface area contributed by atoms with Crippen molar-refractivity contribution in [2.24, 2.45) is 0 Å². The molecule has 2 aromatic carbocycles. The van der Waals surface area contributed by atoms with E-state index in [1.165, 1.54) is 0 Å². The van der Waals surface area contributed by atoms with Gasteiger partial charge in [0.1, 0.15) is 0 Å². The van der Waals surface area contributed by atoms with Crippen LogP contribution in [0.5, 0.6) is 11.5 Å². The highest BCUT2D eigenvalue weighted by molar-refractivity contribution is 5.77. The Kier molecular flexibility index (Phi) is 3.77. The second-order valence-corrected chi connectivity index (χ2v) is 5.04. The predicted octanol–water partition coefficient (Wildman–Crippen LogP) is 4.19. The van der Waals surface area contributed by atoms with Crippen LogP contribution >= 0.6 is 0 Å². The number of unbranched alkanes of at least 4 members (excludes halogenated alkanes) is 1. The summed E-state index contributed by atoms with van der Waals surface area (Å²) in [5.74, 6) is 0.946. The number of hydrogen-bond donors (Lipinski definition) is 1. The predicted molar refractivity (Wildman–Crippen MR) is 81.5 cm³/mol. The molecule has 1 aliphatic heterocycles. The quantitative estimate of drug-likeness (QED) is 0.836. The van der Waals surface area contributed by atoms with Crippen LogP contribution in [-0.4, -0.2) is 17.6 Å². The van der Waals surface area contributed by atoms with Gasteiger partial charge in [-0.3, -0.25) is 4.79 Å². The summed E-state index contributed by atoms with van der Waals surface area (Å²) in [6.07, 6.45) is 1.72. The molecular formula is C17H17NO3. The van der Waals surface area contributed by atoms with Crippen LogP contribution in [0.1, 0.15) is 19.3 Å². The molecular weight excluding hydrogens is 266 g/mol. The Labute approximate surface area is 123 Å². The molecule has 0 saturated heterocycles. The number of hydrogen-bond acceptors (Lipinski definition) is 3. The van der Waals surface area contributed by atoms with E-state index in [0.29, 0.717) is 6.42 Å². The second kappa shape index (κ2) is 5.87.